The number of rotatable bonds is 6. The number of nitrogens with one attached hydrogen (secondary N) is 2. The van der Waals surface area contributed by atoms with Crippen molar-refractivity contribution < 1.29 is 25.3 Å². The fraction of sp³-hybridized carbons (Fsp3) is 0.143. The molecule has 0 spiro atoms. The summed E-state index contributed by atoms with van der Waals surface area (Å²) in [6, 6.07) is 8.61. The third-order valence-electron chi connectivity index (χ3n) is 3.08. The Kier molecular flexibility index (Phi) is 5.57. The molecule has 2 aromatic rings. The molecule has 0 aliphatic carbocycles. The van der Waals surface area contributed by atoms with Gasteiger partial charge in [0.15, 0.2) is 9.84 Å². The topological polar surface area (TPSA) is 126 Å². The molecule has 0 heterocycles. The van der Waals surface area contributed by atoms with Gasteiger partial charge in [-0.15, -0.1) is 0 Å². The van der Waals surface area contributed by atoms with Crippen molar-refractivity contribution in [1.29, 1.82) is 0 Å². The molecule has 0 unspecified atom stereocenters. The molecule has 12 heteroatoms. The van der Waals surface area contributed by atoms with E-state index in [0.717, 1.165) is 12.5 Å². The highest BCUT2D eigenvalue weighted by molar-refractivity contribution is 7.93. The second-order valence-electron chi connectivity index (χ2n) is 5.42. The normalized spacial score (nSPS) is 12.6. The summed E-state index contributed by atoms with van der Waals surface area (Å²) in [6.07, 6.45) is 1.98. The summed E-state index contributed by atoms with van der Waals surface area (Å²) >= 11 is 5.95. The summed E-state index contributed by atoms with van der Waals surface area (Å²) in [4.78, 5) is -0.143. The van der Waals surface area contributed by atoms with E-state index >= 15 is 0 Å². The first-order valence-electron chi connectivity index (χ1n) is 6.88. The van der Waals surface area contributed by atoms with Crippen LogP contribution in [0.5, 0.6) is 0 Å². The first kappa shape index (κ1) is 20.5. The standard InChI is InChI=1S/C14H15ClN2O6S3/c1-24(18,19)11-4-6-12(7-5-11)26(22,23)16-10-3-8-14(13(15)9-10)17-25(2,20)21/h3-9,16-17H,1-2H3. The Morgan fingerprint density at radius 2 is 1.31 bits per heavy atom. The summed E-state index contributed by atoms with van der Waals surface area (Å²) in [5, 5.41) is 0.00282. The van der Waals surface area contributed by atoms with Crippen LogP contribution < -0.4 is 9.44 Å². The van der Waals surface area contributed by atoms with E-state index in [0.29, 0.717) is 0 Å². The molecule has 0 aliphatic rings. The van der Waals surface area contributed by atoms with Crippen molar-refractivity contribution in [3.8, 4) is 0 Å². The van der Waals surface area contributed by atoms with Crippen molar-refractivity contribution in [3.05, 3.63) is 47.5 Å². The lowest BCUT2D eigenvalue weighted by Crippen LogP contribution is -2.14. The summed E-state index contributed by atoms with van der Waals surface area (Å²) in [5.41, 5.74) is 0.218. The molecule has 2 N–H and O–H groups in total. The Morgan fingerprint density at radius 3 is 1.77 bits per heavy atom. The second-order valence-corrected chi connectivity index (χ2v) is 11.3. The molecule has 0 saturated carbocycles. The highest BCUT2D eigenvalue weighted by Crippen LogP contribution is 2.27. The van der Waals surface area contributed by atoms with Gasteiger partial charge in [-0.25, -0.2) is 25.3 Å². The zero-order valence-electron chi connectivity index (χ0n) is 13.6. The van der Waals surface area contributed by atoms with Crippen LogP contribution in [0, 0.1) is 0 Å². The van der Waals surface area contributed by atoms with Gasteiger partial charge < -0.3 is 0 Å². The van der Waals surface area contributed by atoms with Crippen LogP contribution in [0.25, 0.3) is 0 Å². The van der Waals surface area contributed by atoms with Crippen molar-refractivity contribution in [2.75, 3.05) is 22.0 Å². The van der Waals surface area contributed by atoms with Crippen molar-refractivity contribution in [1.82, 2.24) is 0 Å². The van der Waals surface area contributed by atoms with Gasteiger partial charge >= 0.3 is 0 Å². The van der Waals surface area contributed by atoms with E-state index in [9.17, 15) is 25.3 Å². The Balaban J connectivity index is 2.28. The molecule has 26 heavy (non-hydrogen) atoms. The summed E-state index contributed by atoms with van der Waals surface area (Å²) in [5.74, 6) is 0. The minimum absolute atomic E-state index is 0.00282. The molecular formula is C14H15ClN2O6S3. The van der Waals surface area contributed by atoms with E-state index in [1.807, 2.05) is 0 Å². The maximum Gasteiger partial charge on any atom is 0.261 e. The van der Waals surface area contributed by atoms with Crippen LogP contribution in [0.1, 0.15) is 0 Å². The van der Waals surface area contributed by atoms with E-state index < -0.39 is 29.9 Å². The molecule has 0 aliphatic heterocycles. The number of anilines is 2. The molecule has 8 nitrogen and oxygen atoms in total. The number of benzene rings is 2. The minimum Gasteiger partial charge on any atom is -0.282 e. The fourth-order valence-electron chi connectivity index (χ4n) is 1.94. The summed E-state index contributed by atoms with van der Waals surface area (Å²) < 4.78 is 74.5. The van der Waals surface area contributed by atoms with Crippen LogP contribution in [-0.2, 0) is 29.9 Å². The van der Waals surface area contributed by atoms with Gasteiger partial charge in [0.1, 0.15) is 0 Å². The van der Waals surface area contributed by atoms with E-state index in [2.05, 4.69) is 9.44 Å². The zero-order valence-corrected chi connectivity index (χ0v) is 16.8. The number of sulfone groups is 1. The van der Waals surface area contributed by atoms with Crippen LogP contribution in [0.15, 0.2) is 52.3 Å². The first-order valence-corrected chi connectivity index (χ1v) is 12.5. The lowest BCUT2D eigenvalue weighted by molar-refractivity contribution is 0.597. The SMILES string of the molecule is CS(=O)(=O)Nc1ccc(NS(=O)(=O)c2ccc(S(C)(=O)=O)cc2)cc1Cl. The molecule has 0 saturated heterocycles. The predicted octanol–water partition coefficient (Wildman–Crippen LogP) is 1.92. The van der Waals surface area contributed by atoms with Gasteiger partial charge in [0, 0.05) is 6.26 Å². The van der Waals surface area contributed by atoms with Gasteiger partial charge in [0.05, 0.1) is 32.4 Å². The van der Waals surface area contributed by atoms with Gasteiger partial charge in [-0.05, 0) is 42.5 Å². The maximum atomic E-state index is 12.4. The van der Waals surface area contributed by atoms with Gasteiger partial charge in [-0.3, -0.25) is 9.44 Å². The second kappa shape index (κ2) is 7.06. The molecule has 0 bridgehead atoms. The van der Waals surface area contributed by atoms with Crippen molar-refractivity contribution in [3.63, 3.8) is 0 Å². The Bertz CT molecular complexity index is 1140. The fourth-order valence-corrected chi connectivity index (χ4v) is 4.48. The molecule has 0 aromatic heterocycles. The lowest BCUT2D eigenvalue weighted by Gasteiger charge is -2.11. The highest BCUT2D eigenvalue weighted by atomic mass is 35.5. The highest BCUT2D eigenvalue weighted by Gasteiger charge is 2.17. The molecule has 142 valence electrons. The van der Waals surface area contributed by atoms with E-state index in [1.165, 1.54) is 42.5 Å². The molecule has 2 aromatic carbocycles. The molecule has 2 rings (SSSR count). The van der Waals surface area contributed by atoms with Crippen molar-refractivity contribution >= 4 is 52.9 Å². The molecule has 0 atom stereocenters. The average Bonchev–Trinajstić information content (AvgIpc) is 2.48. The molecule has 0 fully saturated rings. The number of hydrogen-bond acceptors (Lipinski definition) is 6. The Labute approximate surface area is 157 Å². The van der Waals surface area contributed by atoms with Gasteiger partial charge in [-0.2, -0.15) is 0 Å². The van der Waals surface area contributed by atoms with E-state index in [4.69, 9.17) is 11.6 Å². The van der Waals surface area contributed by atoms with E-state index in [1.54, 1.807) is 0 Å². The lowest BCUT2D eigenvalue weighted by atomic mass is 10.3. The maximum absolute atomic E-state index is 12.4. The Hall–Kier alpha value is -1.82. The van der Waals surface area contributed by atoms with Crippen LogP contribution in [0.3, 0.4) is 0 Å². The molecule has 0 amide bonds. The van der Waals surface area contributed by atoms with Gasteiger partial charge in [0.25, 0.3) is 10.0 Å². The molecular weight excluding hydrogens is 424 g/mol. The quantitative estimate of drug-likeness (QED) is 0.709. The third-order valence-corrected chi connectivity index (χ3v) is 6.51. The van der Waals surface area contributed by atoms with Gasteiger partial charge in [-0.1, -0.05) is 11.6 Å². The van der Waals surface area contributed by atoms with Crippen LogP contribution >= 0.6 is 11.6 Å². The summed E-state index contributed by atoms with van der Waals surface area (Å²) in [6.45, 7) is 0. The van der Waals surface area contributed by atoms with Crippen LogP contribution in [0.2, 0.25) is 5.02 Å². The zero-order chi connectivity index (χ0) is 19.8. The smallest absolute Gasteiger partial charge is 0.261 e. The molecule has 0 radical (unpaired) electrons. The largest absolute Gasteiger partial charge is 0.282 e. The van der Waals surface area contributed by atoms with Crippen LogP contribution in [-0.4, -0.2) is 37.8 Å². The van der Waals surface area contributed by atoms with Crippen molar-refractivity contribution in [2.45, 2.75) is 9.79 Å². The first-order chi connectivity index (χ1) is 11.8. The monoisotopic (exact) mass is 438 g/mol. The third kappa shape index (κ3) is 5.34. The predicted molar refractivity (Wildman–Crippen MR) is 100 cm³/mol. The number of halogens is 1. The van der Waals surface area contributed by atoms with Crippen molar-refractivity contribution in [2.24, 2.45) is 0 Å². The van der Waals surface area contributed by atoms with E-state index in [-0.39, 0.29) is 26.2 Å². The number of hydrogen-bond donors (Lipinski definition) is 2. The average molecular weight is 439 g/mol. The van der Waals surface area contributed by atoms with Crippen LogP contribution in [0.4, 0.5) is 11.4 Å². The van der Waals surface area contributed by atoms with Gasteiger partial charge in [0.2, 0.25) is 10.0 Å². The Morgan fingerprint density at radius 1 is 0.769 bits per heavy atom. The minimum atomic E-state index is -3.98. The summed E-state index contributed by atoms with van der Waals surface area (Å²) in [7, 11) is -10.9. The number of sulfonamides is 2.